The largest absolute Gasteiger partial charge is 0.423 e. The molecule has 0 bridgehead atoms. The second kappa shape index (κ2) is 7.14. The third-order valence-electron chi connectivity index (χ3n) is 5.63. The van der Waals surface area contributed by atoms with Crippen LogP contribution in [-0.4, -0.2) is 59.5 Å². The van der Waals surface area contributed by atoms with Crippen molar-refractivity contribution in [2.45, 2.75) is 18.9 Å². The molecule has 144 valence electrons. The number of rotatable bonds is 3. The van der Waals surface area contributed by atoms with Gasteiger partial charge in [0.15, 0.2) is 5.58 Å². The lowest BCUT2D eigenvalue weighted by atomic mass is 10.1. The quantitative estimate of drug-likeness (QED) is 0.699. The number of pyridine rings is 1. The van der Waals surface area contributed by atoms with Crippen LogP contribution in [0, 0.1) is 0 Å². The predicted octanol–water partition coefficient (Wildman–Crippen LogP) is 2.54. The number of fused-ring (bicyclic) bond motifs is 1. The Bertz CT molecular complexity index is 932. The van der Waals surface area contributed by atoms with E-state index in [-0.39, 0.29) is 11.9 Å². The molecular formula is C21H23N5O2. The third kappa shape index (κ3) is 3.06. The molecule has 0 N–H and O–H groups in total. The van der Waals surface area contributed by atoms with Crippen LogP contribution in [0.25, 0.3) is 11.1 Å². The first-order valence-corrected chi connectivity index (χ1v) is 9.86. The van der Waals surface area contributed by atoms with Gasteiger partial charge in [0.1, 0.15) is 17.4 Å². The molecule has 4 heterocycles. The lowest BCUT2D eigenvalue weighted by Crippen LogP contribution is -2.54. The Morgan fingerprint density at radius 3 is 2.61 bits per heavy atom. The minimum absolute atomic E-state index is 0.181. The highest BCUT2D eigenvalue weighted by Gasteiger charge is 2.37. The summed E-state index contributed by atoms with van der Waals surface area (Å²) in [6.45, 7) is 3.84. The number of hydrogen-bond donors (Lipinski definition) is 0. The molecule has 1 amide bonds. The molecule has 0 radical (unpaired) electrons. The molecule has 0 saturated carbocycles. The minimum Gasteiger partial charge on any atom is -0.423 e. The molecule has 2 saturated heterocycles. The maximum atomic E-state index is 13.2. The van der Waals surface area contributed by atoms with Gasteiger partial charge >= 0.3 is 0 Å². The number of oxazole rings is 1. The molecule has 7 nitrogen and oxygen atoms in total. The lowest BCUT2D eigenvalue weighted by Gasteiger charge is -2.37. The van der Waals surface area contributed by atoms with E-state index in [9.17, 15) is 4.79 Å². The van der Waals surface area contributed by atoms with E-state index >= 15 is 0 Å². The highest BCUT2D eigenvalue weighted by atomic mass is 16.4. The number of carbonyl (C=O) groups is 1. The molecule has 0 aliphatic carbocycles. The fourth-order valence-corrected chi connectivity index (χ4v) is 4.14. The molecular weight excluding hydrogens is 354 g/mol. The van der Waals surface area contributed by atoms with E-state index in [1.54, 1.807) is 0 Å². The van der Waals surface area contributed by atoms with E-state index < -0.39 is 0 Å². The van der Waals surface area contributed by atoms with E-state index in [0.29, 0.717) is 19.1 Å². The van der Waals surface area contributed by atoms with Gasteiger partial charge in [-0.2, -0.15) is 4.98 Å². The van der Waals surface area contributed by atoms with Crippen LogP contribution in [0.1, 0.15) is 12.8 Å². The van der Waals surface area contributed by atoms with Crippen molar-refractivity contribution in [3.05, 3.63) is 48.7 Å². The summed E-state index contributed by atoms with van der Waals surface area (Å²) in [7, 11) is 0. The number of amides is 1. The van der Waals surface area contributed by atoms with E-state index in [1.807, 2.05) is 58.5 Å². The molecule has 0 unspecified atom stereocenters. The number of hydrogen-bond acceptors (Lipinski definition) is 6. The van der Waals surface area contributed by atoms with E-state index in [4.69, 9.17) is 4.42 Å². The van der Waals surface area contributed by atoms with Crippen LogP contribution >= 0.6 is 0 Å². The second-order valence-electron chi connectivity index (χ2n) is 7.32. The van der Waals surface area contributed by atoms with Gasteiger partial charge in [-0.05, 0) is 37.1 Å². The zero-order valence-electron chi connectivity index (χ0n) is 15.7. The molecule has 2 aromatic heterocycles. The molecule has 2 fully saturated rings. The minimum atomic E-state index is -0.186. The average molecular weight is 377 g/mol. The summed E-state index contributed by atoms with van der Waals surface area (Å²) in [5, 5.41) is 0. The summed E-state index contributed by atoms with van der Waals surface area (Å²) < 4.78 is 5.92. The van der Waals surface area contributed by atoms with E-state index in [0.717, 1.165) is 49.4 Å². The molecule has 7 heteroatoms. The standard InChI is InChI=1S/C21H23N5O2/c27-20(25-14-12-24(13-15-25)19-9-3-4-10-22-19)17-7-5-11-26(17)21-23-16-6-1-2-8-18(16)28-21/h1-4,6,8-10,17H,5,7,11-15H2/t17-/m0/s1. The zero-order valence-corrected chi connectivity index (χ0v) is 15.7. The Hall–Kier alpha value is -3.09. The number of piperazine rings is 1. The van der Waals surface area contributed by atoms with Crippen molar-refractivity contribution in [2.75, 3.05) is 42.5 Å². The third-order valence-corrected chi connectivity index (χ3v) is 5.63. The van der Waals surface area contributed by atoms with Crippen LogP contribution in [0.4, 0.5) is 11.8 Å². The summed E-state index contributed by atoms with van der Waals surface area (Å²) in [5.41, 5.74) is 1.60. The highest BCUT2D eigenvalue weighted by Crippen LogP contribution is 2.29. The van der Waals surface area contributed by atoms with Crippen LogP contribution in [0.3, 0.4) is 0 Å². The number of aromatic nitrogens is 2. The monoisotopic (exact) mass is 377 g/mol. The van der Waals surface area contributed by atoms with Crippen molar-refractivity contribution in [1.82, 2.24) is 14.9 Å². The van der Waals surface area contributed by atoms with Gasteiger partial charge in [0.05, 0.1) is 0 Å². The summed E-state index contributed by atoms with van der Waals surface area (Å²) in [4.78, 5) is 28.5. The summed E-state index contributed by atoms with van der Waals surface area (Å²) >= 11 is 0. The molecule has 2 aliphatic rings. The molecule has 3 aromatic rings. The number of nitrogens with zero attached hydrogens (tertiary/aromatic N) is 5. The van der Waals surface area contributed by atoms with Gasteiger partial charge in [0.2, 0.25) is 5.91 Å². The number of para-hydroxylation sites is 2. The van der Waals surface area contributed by atoms with Crippen molar-refractivity contribution < 1.29 is 9.21 Å². The van der Waals surface area contributed by atoms with Gasteiger partial charge in [-0.15, -0.1) is 0 Å². The molecule has 1 atom stereocenters. The van der Waals surface area contributed by atoms with Gasteiger partial charge in [-0.25, -0.2) is 4.98 Å². The van der Waals surface area contributed by atoms with E-state index in [2.05, 4.69) is 14.9 Å². The summed E-state index contributed by atoms with van der Waals surface area (Å²) in [5.74, 6) is 1.16. The van der Waals surface area contributed by atoms with Crippen LogP contribution in [0.5, 0.6) is 0 Å². The number of anilines is 2. The Kier molecular flexibility index (Phi) is 4.35. The van der Waals surface area contributed by atoms with Gasteiger partial charge < -0.3 is 19.1 Å². The molecule has 0 spiro atoms. The Morgan fingerprint density at radius 1 is 1.00 bits per heavy atom. The molecule has 5 rings (SSSR count). The average Bonchev–Trinajstić information content (AvgIpc) is 3.41. The smallest absolute Gasteiger partial charge is 0.299 e. The molecule has 28 heavy (non-hydrogen) atoms. The fraction of sp³-hybridized carbons (Fsp3) is 0.381. The number of carbonyl (C=O) groups excluding carboxylic acids is 1. The zero-order chi connectivity index (χ0) is 18.9. The van der Waals surface area contributed by atoms with Crippen LogP contribution in [0.15, 0.2) is 53.1 Å². The predicted molar refractivity (Wildman–Crippen MR) is 107 cm³/mol. The second-order valence-corrected chi connectivity index (χ2v) is 7.32. The number of benzene rings is 1. The van der Waals surface area contributed by atoms with Crippen LogP contribution in [-0.2, 0) is 4.79 Å². The van der Waals surface area contributed by atoms with E-state index in [1.165, 1.54) is 0 Å². The van der Waals surface area contributed by atoms with Gasteiger partial charge in [0.25, 0.3) is 6.01 Å². The van der Waals surface area contributed by atoms with Gasteiger partial charge in [0, 0.05) is 38.9 Å². The van der Waals surface area contributed by atoms with Crippen LogP contribution < -0.4 is 9.80 Å². The van der Waals surface area contributed by atoms with Crippen LogP contribution in [0.2, 0.25) is 0 Å². The molecule has 2 aliphatic heterocycles. The van der Waals surface area contributed by atoms with Crippen molar-refractivity contribution in [3.63, 3.8) is 0 Å². The van der Waals surface area contributed by atoms with Crippen molar-refractivity contribution >= 4 is 28.8 Å². The van der Waals surface area contributed by atoms with Crippen molar-refractivity contribution in [3.8, 4) is 0 Å². The molecule has 1 aromatic carbocycles. The van der Waals surface area contributed by atoms with Gasteiger partial charge in [-0.1, -0.05) is 18.2 Å². The summed E-state index contributed by atoms with van der Waals surface area (Å²) in [6, 6.07) is 14.0. The Morgan fingerprint density at radius 2 is 1.82 bits per heavy atom. The maximum absolute atomic E-state index is 13.2. The lowest BCUT2D eigenvalue weighted by molar-refractivity contribution is -0.132. The first kappa shape index (κ1) is 17.0. The maximum Gasteiger partial charge on any atom is 0.299 e. The van der Waals surface area contributed by atoms with Gasteiger partial charge in [-0.3, -0.25) is 4.79 Å². The normalized spacial score (nSPS) is 20.1. The topological polar surface area (TPSA) is 65.7 Å². The Labute approximate surface area is 163 Å². The fourth-order valence-electron chi connectivity index (χ4n) is 4.14. The SMILES string of the molecule is O=C([C@@H]1CCCN1c1nc2ccccc2o1)N1CCN(c2ccccn2)CC1. The Balaban J connectivity index is 1.28. The van der Waals surface area contributed by atoms with Crippen molar-refractivity contribution in [1.29, 1.82) is 0 Å². The summed E-state index contributed by atoms with van der Waals surface area (Å²) in [6.07, 6.45) is 3.63. The van der Waals surface area contributed by atoms with Crippen molar-refractivity contribution in [2.24, 2.45) is 0 Å². The first-order chi connectivity index (χ1) is 13.8. The first-order valence-electron chi connectivity index (χ1n) is 9.86. The highest BCUT2D eigenvalue weighted by molar-refractivity contribution is 5.86.